The van der Waals surface area contributed by atoms with Crippen LogP contribution < -0.4 is 0 Å². The van der Waals surface area contributed by atoms with Gasteiger partial charge in [-0.05, 0) is 23.8 Å². The van der Waals surface area contributed by atoms with E-state index in [2.05, 4.69) is 0 Å². The van der Waals surface area contributed by atoms with Gasteiger partial charge in [0.1, 0.15) is 10.1 Å². The van der Waals surface area contributed by atoms with Crippen LogP contribution in [0.5, 0.6) is 0 Å². The summed E-state index contributed by atoms with van der Waals surface area (Å²) in [4.78, 5) is 11.7. The second-order valence-corrected chi connectivity index (χ2v) is 7.01. The Labute approximate surface area is 133 Å². The standard InChI is InChI=1S/C11H7Cl4IO/c12-6-1-5(2-7(13)3-6)9-10(8(17)4-16)11(9,14)15/h1-3,9-10H,4H2. The molecule has 1 fully saturated rings. The third-order valence-electron chi connectivity index (χ3n) is 2.78. The van der Waals surface area contributed by atoms with Crippen LogP contribution >= 0.6 is 69.0 Å². The number of alkyl halides is 3. The van der Waals surface area contributed by atoms with Gasteiger partial charge in [0, 0.05) is 16.0 Å². The molecule has 92 valence electrons. The lowest BCUT2D eigenvalue weighted by Gasteiger charge is -2.02. The first-order chi connectivity index (χ1) is 7.87. The van der Waals surface area contributed by atoms with E-state index < -0.39 is 4.33 Å². The van der Waals surface area contributed by atoms with E-state index in [0.717, 1.165) is 5.56 Å². The molecule has 0 radical (unpaired) electrons. The van der Waals surface area contributed by atoms with Gasteiger partial charge in [-0.2, -0.15) is 0 Å². The predicted molar refractivity (Wildman–Crippen MR) is 81.0 cm³/mol. The fourth-order valence-corrected chi connectivity index (χ4v) is 3.87. The molecule has 0 heterocycles. The molecule has 0 aromatic heterocycles. The van der Waals surface area contributed by atoms with Crippen LogP contribution in [0.4, 0.5) is 0 Å². The Kier molecular flexibility index (Phi) is 4.21. The van der Waals surface area contributed by atoms with Crippen molar-refractivity contribution < 1.29 is 4.79 Å². The maximum atomic E-state index is 11.7. The smallest absolute Gasteiger partial charge is 0.149 e. The van der Waals surface area contributed by atoms with Gasteiger partial charge < -0.3 is 0 Å². The van der Waals surface area contributed by atoms with Crippen LogP contribution in [0.25, 0.3) is 0 Å². The number of Topliss-reactive ketones (excluding diaryl/α,β-unsaturated/α-hetero) is 1. The van der Waals surface area contributed by atoms with Crippen molar-refractivity contribution in [3.63, 3.8) is 0 Å². The van der Waals surface area contributed by atoms with Gasteiger partial charge in [-0.25, -0.2) is 0 Å². The summed E-state index contributed by atoms with van der Waals surface area (Å²) in [7, 11) is 0. The van der Waals surface area contributed by atoms with E-state index in [1.807, 2.05) is 22.6 Å². The molecule has 0 N–H and O–H groups in total. The highest BCUT2D eigenvalue weighted by molar-refractivity contribution is 14.1. The van der Waals surface area contributed by atoms with Crippen molar-refractivity contribution in [3.8, 4) is 0 Å². The van der Waals surface area contributed by atoms with E-state index in [9.17, 15) is 4.79 Å². The van der Waals surface area contributed by atoms with Gasteiger partial charge in [-0.1, -0.05) is 45.8 Å². The average Bonchev–Trinajstić information content (AvgIpc) is 2.79. The molecule has 2 atom stereocenters. The SMILES string of the molecule is O=C(CI)C1C(c2cc(Cl)cc(Cl)c2)C1(Cl)Cl. The first-order valence-corrected chi connectivity index (χ1v) is 7.84. The molecule has 6 heteroatoms. The van der Waals surface area contributed by atoms with Gasteiger partial charge in [0.15, 0.2) is 0 Å². The Hall–Kier alpha value is 0.780. The molecule has 1 aromatic carbocycles. The third-order valence-corrected chi connectivity index (χ3v) is 4.90. The molecule has 1 nitrogen and oxygen atoms in total. The lowest BCUT2D eigenvalue weighted by molar-refractivity contribution is -0.117. The number of hydrogen-bond donors (Lipinski definition) is 0. The maximum absolute atomic E-state index is 11.7. The predicted octanol–water partition coefficient (Wildman–Crippen LogP) is 4.88. The summed E-state index contributed by atoms with van der Waals surface area (Å²) in [6, 6.07) is 5.13. The van der Waals surface area contributed by atoms with Crippen molar-refractivity contribution in [3.05, 3.63) is 33.8 Å². The molecular weight excluding hydrogens is 417 g/mol. The van der Waals surface area contributed by atoms with Crippen molar-refractivity contribution in [2.75, 3.05) is 4.43 Å². The van der Waals surface area contributed by atoms with Crippen LogP contribution in [-0.4, -0.2) is 14.5 Å². The van der Waals surface area contributed by atoms with Crippen molar-refractivity contribution in [2.45, 2.75) is 10.3 Å². The van der Waals surface area contributed by atoms with Crippen molar-refractivity contribution in [1.82, 2.24) is 0 Å². The minimum absolute atomic E-state index is 0.0525. The minimum atomic E-state index is -1.03. The fourth-order valence-electron chi connectivity index (χ4n) is 1.98. The lowest BCUT2D eigenvalue weighted by atomic mass is 10.1. The summed E-state index contributed by atoms with van der Waals surface area (Å²) in [5.74, 6) is -0.529. The molecule has 1 aromatic rings. The van der Waals surface area contributed by atoms with Crippen LogP contribution in [0, 0.1) is 5.92 Å². The summed E-state index contributed by atoms with van der Waals surface area (Å²) in [6.45, 7) is 0. The van der Waals surface area contributed by atoms with Gasteiger partial charge in [0.2, 0.25) is 0 Å². The van der Waals surface area contributed by atoms with Crippen molar-refractivity contribution >= 4 is 74.8 Å². The topological polar surface area (TPSA) is 17.1 Å². The molecule has 0 aliphatic heterocycles. The number of halogens is 5. The molecule has 0 amide bonds. The summed E-state index contributed by atoms with van der Waals surface area (Å²) >= 11 is 26.1. The highest BCUT2D eigenvalue weighted by Crippen LogP contribution is 2.65. The van der Waals surface area contributed by atoms with Gasteiger partial charge in [-0.15, -0.1) is 23.2 Å². The molecule has 1 saturated carbocycles. The second kappa shape index (κ2) is 5.04. The van der Waals surface area contributed by atoms with E-state index in [-0.39, 0.29) is 17.6 Å². The van der Waals surface area contributed by atoms with Gasteiger partial charge in [0.25, 0.3) is 0 Å². The van der Waals surface area contributed by atoms with Crippen molar-refractivity contribution in [2.24, 2.45) is 5.92 Å². The van der Waals surface area contributed by atoms with Crippen LogP contribution in [-0.2, 0) is 4.79 Å². The average molecular weight is 424 g/mol. The van der Waals surface area contributed by atoms with Crippen LogP contribution in [0.15, 0.2) is 18.2 Å². The van der Waals surface area contributed by atoms with E-state index in [1.54, 1.807) is 18.2 Å². The minimum Gasteiger partial charge on any atom is -0.298 e. The number of hydrogen-bond acceptors (Lipinski definition) is 1. The summed E-state index contributed by atoms with van der Waals surface area (Å²) in [5.41, 5.74) is 0.815. The zero-order chi connectivity index (χ0) is 12.8. The molecule has 17 heavy (non-hydrogen) atoms. The fraction of sp³-hybridized carbons (Fsp3) is 0.364. The summed E-state index contributed by atoms with van der Waals surface area (Å²) in [5, 5.41) is 1.04. The summed E-state index contributed by atoms with van der Waals surface area (Å²) in [6.07, 6.45) is 0. The van der Waals surface area contributed by atoms with E-state index >= 15 is 0 Å². The largest absolute Gasteiger partial charge is 0.298 e. The highest BCUT2D eigenvalue weighted by Gasteiger charge is 2.66. The third kappa shape index (κ3) is 2.71. The molecule has 2 unspecified atom stereocenters. The van der Waals surface area contributed by atoms with Crippen molar-refractivity contribution in [1.29, 1.82) is 0 Å². The van der Waals surface area contributed by atoms with E-state index in [1.165, 1.54) is 0 Å². The second-order valence-electron chi connectivity index (χ2n) is 3.93. The zero-order valence-corrected chi connectivity index (χ0v) is 13.6. The number of carbonyl (C=O) groups excluding carboxylic acids is 1. The first-order valence-electron chi connectivity index (χ1n) is 4.80. The number of carbonyl (C=O) groups is 1. The van der Waals surface area contributed by atoms with Crippen LogP contribution in [0.2, 0.25) is 10.0 Å². The van der Waals surface area contributed by atoms with Gasteiger partial charge in [0.05, 0.1) is 10.3 Å². The number of benzene rings is 1. The Balaban J connectivity index is 2.33. The van der Waals surface area contributed by atoms with Crippen LogP contribution in [0.3, 0.4) is 0 Å². The monoisotopic (exact) mass is 422 g/mol. The molecule has 1 aliphatic rings. The van der Waals surface area contributed by atoms with Crippen LogP contribution in [0.1, 0.15) is 11.5 Å². The molecule has 2 rings (SSSR count). The quantitative estimate of drug-likeness (QED) is 0.500. The Morgan fingerprint density at radius 3 is 2.24 bits per heavy atom. The molecule has 1 aliphatic carbocycles. The lowest BCUT2D eigenvalue weighted by Crippen LogP contribution is -2.06. The first kappa shape index (κ1) is 14.2. The molecule has 0 saturated heterocycles. The summed E-state index contributed by atoms with van der Waals surface area (Å²) < 4.78 is -0.634. The van der Waals surface area contributed by atoms with Gasteiger partial charge >= 0.3 is 0 Å². The van der Waals surface area contributed by atoms with E-state index in [0.29, 0.717) is 14.5 Å². The number of ketones is 1. The molecule has 0 bridgehead atoms. The normalized spacial score (nSPS) is 25.7. The number of rotatable bonds is 3. The molecular formula is C11H7Cl4IO. The zero-order valence-electron chi connectivity index (χ0n) is 8.39. The van der Waals surface area contributed by atoms with Gasteiger partial charge in [-0.3, -0.25) is 4.79 Å². The maximum Gasteiger partial charge on any atom is 0.149 e. The van der Waals surface area contributed by atoms with E-state index in [4.69, 9.17) is 46.4 Å². The Bertz CT molecular complexity index is 454. The molecule has 0 spiro atoms. The Morgan fingerprint density at radius 1 is 1.24 bits per heavy atom. The highest BCUT2D eigenvalue weighted by atomic mass is 127. The Morgan fingerprint density at radius 2 is 1.76 bits per heavy atom.